The van der Waals surface area contributed by atoms with Crippen LogP contribution < -0.4 is 0 Å². The van der Waals surface area contributed by atoms with E-state index < -0.39 is 0 Å². The van der Waals surface area contributed by atoms with Crippen molar-refractivity contribution in [3.8, 4) is 0 Å². The largest absolute Gasteiger partial charge is 0.298 e. The Bertz CT molecular complexity index is 282. The van der Waals surface area contributed by atoms with Crippen molar-refractivity contribution in [3.63, 3.8) is 0 Å². The summed E-state index contributed by atoms with van der Waals surface area (Å²) in [4.78, 5) is 2.56. The van der Waals surface area contributed by atoms with Gasteiger partial charge in [0, 0.05) is 25.0 Å². The highest BCUT2D eigenvalue weighted by Crippen LogP contribution is 2.13. The second-order valence-corrected chi connectivity index (χ2v) is 5.39. The zero-order chi connectivity index (χ0) is 12.5. The van der Waals surface area contributed by atoms with Gasteiger partial charge < -0.3 is 0 Å². The lowest BCUT2D eigenvalue weighted by atomic mass is 10.0. The number of rotatable bonds is 8. The molecule has 0 unspecified atom stereocenters. The summed E-state index contributed by atoms with van der Waals surface area (Å²) >= 11 is 3.56. The molecule has 1 aromatic rings. The fourth-order valence-electron chi connectivity index (χ4n) is 2.11. The molecule has 0 spiro atoms. The molecule has 0 radical (unpaired) electrons. The standard InChI is InChI=1S/C15H24BrN/c1-3-14(4-2)12-17(11-10-16)13-15-8-6-5-7-9-15/h5-9,14H,3-4,10-13H2,1-2H3. The van der Waals surface area contributed by atoms with Crippen LogP contribution in [0.25, 0.3) is 0 Å². The second-order valence-electron chi connectivity index (χ2n) is 4.59. The summed E-state index contributed by atoms with van der Waals surface area (Å²) < 4.78 is 0. The molecule has 0 heterocycles. The van der Waals surface area contributed by atoms with E-state index in [1.807, 2.05) is 0 Å². The summed E-state index contributed by atoms with van der Waals surface area (Å²) in [6, 6.07) is 10.8. The Morgan fingerprint density at radius 1 is 1.12 bits per heavy atom. The molecule has 0 aliphatic heterocycles. The van der Waals surface area contributed by atoms with Crippen molar-refractivity contribution in [2.45, 2.75) is 33.2 Å². The summed E-state index contributed by atoms with van der Waals surface area (Å²) in [6.45, 7) is 8.01. The van der Waals surface area contributed by atoms with Crippen LogP contribution in [0.2, 0.25) is 0 Å². The first kappa shape index (κ1) is 14.7. The molecule has 0 amide bonds. The van der Waals surface area contributed by atoms with Crippen LogP contribution in [-0.4, -0.2) is 23.3 Å². The van der Waals surface area contributed by atoms with E-state index in [0.717, 1.165) is 24.3 Å². The van der Waals surface area contributed by atoms with E-state index in [1.165, 1.54) is 24.9 Å². The van der Waals surface area contributed by atoms with Crippen LogP contribution >= 0.6 is 15.9 Å². The monoisotopic (exact) mass is 297 g/mol. The summed E-state index contributed by atoms with van der Waals surface area (Å²) in [5, 5.41) is 1.06. The van der Waals surface area contributed by atoms with Crippen LogP contribution in [0.3, 0.4) is 0 Å². The minimum Gasteiger partial charge on any atom is -0.298 e. The van der Waals surface area contributed by atoms with E-state index in [2.05, 4.69) is 65.0 Å². The van der Waals surface area contributed by atoms with Crippen LogP contribution in [0, 0.1) is 5.92 Å². The van der Waals surface area contributed by atoms with Crippen molar-refractivity contribution in [1.82, 2.24) is 4.90 Å². The topological polar surface area (TPSA) is 3.24 Å². The maximum absolute atomic E-state index is 3.56. The number of benzene rings is 1. The SMILES string of the molecule is CCC(CC)CN(CCBr)Cc1ccccc1. The number of nitrogens with zero attached hydrogens (tertiary/aromatic N) is 1. The summed E-state index contributed by atoms with van der Waals surface area (Å²) in [6.07, 6.45) is 2.56. The average Bonchev–Trinajstić information content (AvgIpc) is 2.37. The number of hydrogen-bond acceptors (Lipinski definition) is 1. The minimum atomic E-state index is 0.831. The molecular formula is C15H24BrN. The van der Waals surface area contributed by atoms with E-state index in [-0.39, 0.29) is 0 Å². The van der Waals surface area contributed by atoms with Gasteiger partial charge in [0.1, 0.15) is 0 Å². The number of hydrogen-bond donors (Lipinski definition) is 0. The van der Waals surface area contributed by atoms with E-state index in [1.54, 1.807) is 0 Å². The molecular weight excluding hydrogens is 274 g/mol. The molecule has 0 N–H and O–H groups in total. The van der Waals surface area contributed by atoms with Gasteiger partial charge in [0.05, 0.1) is 0 Å². The third-order valence-electron chi connectivity index (χ3n) is 3.32. The van der Waals surface area contributed by atoms with Crippen molar-refractivity contribution in [2.75, 3.05) is 18.4 Å². The maximum atomic E-state index is 3.56. The van der Waals surface area contributed by atoms with Gasteiger partial charge in [-0.1, -0.05) is 73.0 Å². The number of alkyl halides is 1. The Hall–Kier alpha value is -0.340. The smallest absolute Gasteiger partial charge is 0.0234 e. The van der Waals surface area contributed by atoms with Crippen molar-refractivity contribution in [3.05, 3.63) is 35.9 Å². The summed E-state index contributed by atoms with van der Waals surface area (Å²) in [5.74, 6) is 0.831. The molecule has 1 aromatic carbocycles. The van der Waals surface area contributed by atoms with Crippen LogP contribution in [0.4, 0.5) is 0 Å². The predicted molar refractivity (Wildman–Crippen MR) is 79.6 cm³/mol. The van der Waals surface area contributed by atoms with Crippen molar-refractivity contribution in [2.24, 2.45) is 5.92 Å². The van der Waals surface area contributed by atoms with Crippen molar-refractivity contribution >= 4 is 15.9 Å². The van der Waals surface area contributed by atoms with E-state index in [0.29, 0.717) is 0 Å². The average molecular weight is 298 g/mol. The molecule has 0 aliphatic rings. The highest BCUT2D eigenvalue weighted by molar-refractivity contribution is 9.09. The first-order valence-electron chi connectivity index (χ1n) is 6.62. The van der Waals surface area contributed by atoms with E-state index in [9.17, 15) is 0 Å². The Labute approximate surface area is 114 Å². The van der Waals surface area contributed by atoms with Gasteiger partial charge in [0.15, 0.2) is 0 Å². The first-order valence-corrected chi connectivity index (χ1v) is 7.74. The van der Waals surface area contributed by atoms with Gasteiger partial charge in [-0.3, -0.25) is 4.90 Å². The van der Waals surface area contributed by atoms with Gasteiger partial charge in [-0.15, -0.1) is 0 Å². The van der Waals surface area contributed by atoms with Crippen LogP contribution in [0.5, 0.6) is 0 Å². The molecule has 17 heavy (non-hydrogen) atoms. The predicted octanol–water partition coefficient (Wildman–Crippen LogP) is 4.32. The molecule has 1 rings (SSSR count). The molecule has 96 valence electrons. The lowest BCUT2D eigenvalue weighted by Gasteiger charge is -2.26. The molecule has 0 fully saturated rings. The second kappa shape index (κ2) is 8.71. The fourth-order valence-corrected chi connectivity index (χ4v) is 2.61. The van der Waals surface area contributed by atoms with Crippen LogP contribution in [0.1, 0.15) is 32.3 Å². The molecule has 0 aliphatic carbocycles. The summed E-state index contributed by atoms with van der Waals surface area (Å²) in [5.41, 5.74) is 1.42. The molecule has 0 saturated carbocycles. The number of halogens is 1. The van der Waals surface area contributed by atoms with E-state index >= 15 is 0 Å². The third-order valence-corrected chi connectivity index (χ3v) is 3.68. The Balaban J connectivity index is 2.53. The van der Waals surface area contributed by atoms with Gasteiger partial charge in [-0.05, 0) is 11.5 Å². The Morgan fingerprint density at radius 2 is 1.76 bits per heavy atom. The molecule has 1 nitrogen and oxygen atoms in total. The Kier molecular flexibility index (Phi) is 7.54. The molecule has 0 bridgehead atoms. The lowest BCUT2D eigenvalue weighted by molar-refractivity contribution is 0.228. The van der Waals surface area contributed by atoms with Crippen molar-refractivity contribution < 1.29 is 0 Å². The van der Waals surface area contributed by atoms with Gasteiger partial charge in [0.2, 0.25) is 0 Å². The van der Waals surface area contributed by atoms with Crippen molar-refractivity contribution in [1.29, 1.82) is 0 Å². The normalized spacial score (nSPS) is 11.4. The summed E-state index contributed by atoms with van der Waals surface area (Å²) in [7, 11) is 0. The lowest BCUT2D eigenvalue weighted by Crippen LogP contribution is -2.30. The van der Waals surface area contributed by atoms with Gasteiger partial charge >= 0.3 is 0 Å². The van der Waals surface area contributed by atoms with Crippen LogP contribution in [-0.2, 0) is 6.54 Å². The zero-order valence-electron chi connectivity index (χ0n) is 11.0. The molecule has 0 saturated heterocycles. The van der Waals surface area contributed by atoms with E-state index in [4.69, 9.17) is 0 Å². The fraction of sp³-hybridized carbons (Fsp3) is 0.600. The van der Waals surface area contributed by atoms with Gasteiger partial charge in [-0.2, -0.15) is 0 Å². The molecule has 0 atom stereocenters. The molecule has 0 aromatic heterocycles. The highest BCUT2D eigenvalue weighted by atomic mass is 79.9. The maximum Gasteiger partial charge on any atom is 0.0234 e. The highest BCUT2D eigenvalue weighted by Gasteiger charge is 2.11. The van der Waals surface area contributed by atoms with Gasteiger partial charge in [0.25, 0.3) is 0 Å². The quantitative estimate of drug-likeness (QED) is 0.646. The zero-order valence-corrected chi connectivity index (χ0v) is 12.6. The minimum absolute atomic E-state index is 0.831. The first-order chi connectivity index (χ1) is 8.30. The molecule has 2 heteroatoms. The van der Waals surface area contributed by atoms with Crippen LogP contribution in [0.15, 0.2) is 30.3 Å². The Morgan fingerprint density at radius 3 is 2.29 bits per heavy atom. The van der Waals surface area contributed by atoms with Gasteiger partial charge in [-0.25, -0.2) is 0 Å². The third kappa shape index (κ3) is 5.69.